The monoisotopic (exact) mass is 773 g/mol. The number of halogens is 1. The Bertz CT molecular complexity index is 1810. The number of Topliss-reactive ketones (excluding diaryl/α,β-unsaturated/α-hetero) is 2. The molecule has 2 aromatic carbocycles. The zero-order valence-electron chi connectivity index (χ0n) is 31.2. The lowest BCUT2D eigenvalue weighted by Crippen LogP contribution is -2.44. The molecule has 2 aliphatic heterocycles. The van der Waals surface area contributed by atoms with E-state index in [0.29, 0.717) is 32.2 Å². The van der Waals surface area contributed by atoms with E-state index in [-0.39, 0.29) is 33.8 Å². The van der Waals surface area contributed by atoms with Crippen LogP contribution in [0.5, 0.6) is 5.75 Å². The predicted molar refractivity (Wildman–Crippen MR) is 193 cm³/mol. The Kier molecular flexibility index (Phi) is 12.9. The molecule has 4 rings (SSSR count). The van der Waals surface area contributed by atoms with Crippen molar-refractivity contribution in [3.63, 3.8) is 0 Å². The van der Waals surface area contributed by atoms with E-state index in [4.69, 9.17) is 35.3 Å². The summed E-state index contributed by atoms with van der Waals surface area (Å²) in [5, 5.41) is 12.2. The van der Waals surface area contributed by atoms with Gasteiger partial charge in [-0.05, 0) is 78.9 Å². The number of hydrogen-bond donors (Lipinski definition) is 0. The quantitative estimate of drug-likeness (QED) is 0.0826. The van der Waals surface area contributed by atoms with Gasteiger partial charge in [0.15, 0.2) is 19.0 Å². The molecule has 0 spiro atoms. The van der Waals surface area contributed by atoms with Gasteiger partial charge in [-0.1, -0.05) is 35.9 Å². The number of carbonyl (C=O) groups is 6. The average molecular weight is 774 g/mol. The van der Waals surface area contributed by atoms with E-state index in [2.05, 4.69) is 0 Å². The molecule has 0 aliphatic carbocycles. The van der Waals surface area contributed by atoms with E-state index in [0.717, 1.165) is 13.2 Å². The number of ether oxygens (including phenoxy) is 5. The Balaban J connectivity index is 1.46. The lowest BCUT2D eigenvalue weighted by atomic mass is 9.97. The Morgan fingerprint density at radius 1 is 0.796 bits per heavy atom. The molecule has 2 saturated heterocycles. The number of rotatable bonds is 11. The van der Waals surface area contributed by atoms with Crippen LogP contribution in [0.2, 0.25) is 5.02 Å². The van der Waals surface area contributed by atoms with Crippen molar-refractivity contribution in [2.45, 2.75) is 90.5 Å². The first-order valence-electron chi connectivity index (χ1n) is 17.3. The Morgan fingerprint density at radius 2 is 1.26 bits per heavy atom. The number of esters is 2. The molecule has 0 radical (unpaired) electrons. The fourth-order valence-corrected chi connectivity index (χ4v) is 6.34. The van der Waals surface area contributed by atoms with Crippen LogP contribution in [0.25, 0.3) is 11.1 Å². The third kappa shape index (κ3) is 10.0. The van der Waals surface area contributed by atoms with Gasteiger partial charge in [0.2, 0.25) is 11.5 Å². The van der Waals surface area contributed by atoms with Gasteiger partial charge in [-0.15, -0.1) is 0 Å². The predicted octanol–water partition coefficient (Wildman–Crippen LogP) is 6.17. The Hall–Kier alpha value is -5.25. The molecule has 0 saturated carbocycles. The first-order chi connectivity index (χ1) is 25.2. The number of amides is 2. The van der Waals surface area contributed by atoms with Crippen LogP contribution in [0, 0.1) is 10.1 Å². The number of carbonyl (C=O) groups excluding carboxylic acids is 6. The number of ketones is 2. The van der Waals surface area contributed by atoms with Crippen molar-refractivity contribution in [1.82, 2.24) is 9.80 Å². The molecule has 2 amide bonds. The van der Waals surface area contributed by atoms with Gasteiger partial charge < -0.3 is 23.7 Å². The summed E-state index contributed by atoms with van der Waals surface area (Å²) in [5.41, 5.74) is -2.30. The van der Waals surface area contributed by atoms with Crippen molar-refractivity contribution in [2.75, 3.05) is 33.4 Å². The lowest BCUT2D eigenvalue weighted by Gasteiger charge is -2.27. The van der Waals surface area contributed by atoms with E-state index in [1.54, 1.807) is 41.5 Å². The molecule has 2 aromatic rings. The first-order valence-corrected chi connectivity index (χ1v) is 17.6. The average Bonchev–Trinajstić information content (AvgIpc) is 3.78. The van der Waals surface area contributed by atoms with Crippen molar-refractivity contribution in [3.8, 4) is 16.9 Å². The molecule has 2 fully saturated rings. The highest BCUT2D eigenvalue weighted by molar-refractivity contribution is 6.34. The maximum absolute atomic E-state index is 13.3. The molecule has 2 heterocycles. The maximum atomic E-state index is 13.3. The van der Waals surface area contributed by atoms with Gasteiger partial charge in [0, 0.05) is 18.7 Å². The lowest BCUT2D eigenvalue weighted by molar-refractivity contribution is -0.385. The van der Waals surface area contributed by atoms with Gasteiger partial charge in [-0.3, -0.25) is 29.5 Å². The van der Waals surface area contributed by atoms with Crippen molar-refractivity contribution in [1.29, 1.82) is 0 Å². The largest absolute Gasteiger partial charge is 0.490 e. The minimum absolute atomic E-state index is 0.111. The minimum Gasteiger partial charge on any atom is -0.490 e. The van der Waals surface area contributed by atoms with Crippen LogP contribution in [-0.2, 0) is 28.5 Å². The van der Waals surface area contributed by atoms with Crippen LogP contribution in [0.4, 0.5) is 15.3 Å². The summed E-state index contributed by atoms with van der Waals surface area (Å²) in [6, 6.07) is 4.81. The Labute approximate surface area is 317 Å². The van der Waals surface area contributed by atoms with Crippen LogP contribution in [0.1, 0.15) is 87.9 Å². The fourth-order valence-electron chi connectivity index (χ4n) is 6.03. The molecule has 54 heavy (non-hydrogen) atoms. The standard InChI is InChI=1S/C37H44ClN3O13/c1-36(2,3)53-34(46)39-16-8-10-25(39)32(44)51-19-27(42)21-12-14-22(15-13-21)29-24(38)18-23(31(50-7)30(29)41(48)49)28(43)20-52-33(45)26-11-9-17-40(26)35(47)54-37(4,5)6/h12-15,18,25-26H,8-11,16-17,19-20H2,1-7H3/t25-,26-/m0/s1. The van der Waals surface area contributed by atoms with Gasteiger partial charge in [0.05, 0.1) is 28.2 Å². The third-order valence-corrected chi connectivity index (χ3v) is 8.68. The fraction of sp³-hybridized carbons (Fsp3) is 0.514. The number of nitro benzene ring substituents is 1. The van der Waals surface area contributed by atoms with Crippen LogP contribution >= 0.6 is 11.6 Å². The molecular weight excluding hydrogens is 730 g/mol. The second-order valence-corrected chi connectivity index (χ2v) is 15.1. The molecule has 292 valence electrons. The zero-order chi connectivity index (χ0) is 40.1. The van der Waals surface area contributed by atoms with Crippen LogP contribution in [0.15, 0.2) is 30.3 Å². The number of hydrogen-bond acceptors (Lipinski definition) is 13. The van der Waals surface area contributed by atoms with Crippen molar-refractivity contribution >= 4 is 53.0 Å². The number of nitrogens with zero attached hydrogens (tertiary/aromatic N) is 3. The van der Waals surface area contributed by atoms with Crippen molar-refractivity contribution in [3.05, 3.63) is 56.6 Å². The van der Waals surface area contributed by atoms with E-state index in [9.17, 15) is 38.9 Å². The highest BCUT2D eigenvalue weighted by Gasteiger charge is 2.40. The number of benzene rings is 2. The van der Waals surface area contributed by atoms with Crippen molar-refractivity contribution < 1.29 is 57.4 Å². The summed E-state index contributed by atoms with van der Waals surface area (Å²) in [6.45, 7) is 9.33. The maximum Gasteiger partial charge on any atom is 0.411 e. The highest BCUT2D eigenvalue weighted by Crippen LogP contribution is 2.45. The number of nitro groups is 1. The summed E-state index contributed by atoms with van der Waals surface area (Å²) < 4.78 is 26.5. The number of likely N-dealkylation sites (tertiary alicyclic amines) is 2. The van der Waals surface area contributed by atoms with Gasteiger partial charge in [0.25, 0.3) is 0 Å². The first kappa shape index (κ1) is 41.5. The molecule has 17 heteroatoms. The normalized spacial score (nSPS) is 17.1. The second-order valence-electron chi connectivity index (χ2n) is 14.7. The molecule has 0 aromatic heterocycles. The molecule has 2 aliphatic rings. The highest BCUT2D eigenvalue weighted by atomic mass is 35.5. The van der Waals surface area contributed by atoms with E-state index in [1.165, 1.54) is 34.1 Å². The van der Waals surface area contributed by atoms with Gasteiger partial charge in [0.1, 0.15) is 23.3 Å². The molecular formula is C37H44ClN3O13. The number of methoxy groups -OCH3 is 1. The molecule has 0 unspecified atom stereocenters. The van der Waals surface area contributed by atoms with E-state index >= 15 is 0 Å². The molecule has 0 bridgehead atoms. The van der Waals surface area contributed by atoms with Crippen molar-refractivity contribution in [2.24, 2.45) is 0 Å². The van der Waals surface area contributed by atoms with Gasteiger partial charge >= 0.3 is 29.8 Å². The summed E-state index contributed by atoms with van der Waals surface area (Å²) in [5.74, 6) is -3.44. The van der Waals surface area contributed by atoms with Gasteiger partial charge in [-0.25, -0.2) is 19.2 Å². The third-order valence-electron chi connectivity index (χ3n) is 8.39. The van der Waals surface area contributed by atoms with E-state index < -0.39 is 88.6 Å². The van der Waals surface area contributed by atoms with Gasteiger partial charge in [-0.2, -0.15) is 0 Å². The van der Waals surface area contributed by atoms with Crippen LogP contribution in [0.3, 0.4) is 0 Å². The summed E-state index contributed by atoms with van der Waals surface area (Å²) >= 11 is 6.54. The van der Waals surface area contributed by atoms with Crippen LogP contribution < -0.4 is 4.74 Å². The minimum atomic E-state index is -0.974. The summed E-state index contributed by atoms with van der Waals surface area (Å²) in [6.07, 6.45) is 0.389. The van der Waals surface area contributed by atoms with Crippen LogP contribution in [-0.4, -0.2) is 107 Å². The SMILES string of the molecule is COc1c(C(=O)COC(=O)[C@@H]2CCCN2C(=O)OC(C)(C)C)cc(Cl)c(-c2ccc(C(=O)COC(=O)[C@@H]3CCCN3C(=O)OC(C)(C)C)cc2)c1[N+](=O)[O-]. The second kappa shape index (κ2) is 16.8. The summed E-state index contributed by atoms with van der Waals surface area (Å²) in [7, 11) is 1.13. The smallest absolute Gasteiger partial charge is 0.411 e. The molecule has 2 atom stereocenters. The van der Waals surface area contributed by atoms with E-state index in [1.807, 2.05) is 0 Å². The Morgan fingerprint density at radius 3 is 1.69 bits per heavy atom. The zero-order valence-corrected chi connectivity index (χ0v) is 32.0. The molecule has 16 nitrogen and oxygen atoms in total. The molecule has 0 N–H and O–H groups in total. The topological polar surface area (TPSA) is 198 Å². The summed E-state index contributed by atoms with van der Waals surface area (Å²) in [4.78, 5) is 91.3.